The average Bonchev–Trinajstić information content (AvgIpc) is 2.41. The molecule has 0 saturated carbocycles. The average molecular weight is 335 g/mol. The minimum Gasteiger partial charge on any atom is -0.380 e. The summed E-state index contributed by atoms with van der Waals surface area (Å²) in [4.78, 5) is 10.7. The molecule has 0 spiro atoms. The Bertz CT molecular complexity index is 656. The number of nitro benzene ring substituents is 1. The highest BCUT2D eigenvalue weighted by Gasteiger charge is 2.14. The minimum absolute atomic E-state index is 0.122. The summed E-state index contributed by atoms with van der Waals surface area (Å²) in [7, 11) is 0. The van der Waals surface area contributed by atoms with E-state index in [0.29, 0.717) is 16.6 Å². The lowest BCUT2D eigenvalue weighted by molar-refractivity contribution is -0.385. The summed E-state index contributed by atoms with van der Waals surface area (Å²) in [6, 6.07) is 11.1. The highest BCUT2D eigenvalue weighted by atomic mass is 79.9. The van der Waals surface area contributed by atoms with Gasteiger partial charge in [-0.2, -0.15) is 0 Å². The van der Waals surface area contributed by atoms with Crippen LogP contribution >= 0.6 is 15.9 Å². The Kier molecular flexibility index (Phi) is 4.39. The highest BCUT2D eigenvalue weighted by molar-refractivity contribution is 9.10. The van der Waals surface area contributed by atoms with Gasteiger partial charge in [-0.05, 0) is 43.2 Å². The van der Waals surface area contributed by atoms with E-state index in [0.717, 1.165) is 11.3 Å². The molecular weight excluding hydrogens is 320 g/mol. The van der Waals surface area contributed by atoms with Gasteiger partial charge < -0.3 is 5.32 Å². The summed E-state index contributed by atoms with van der Waals surface area (Å²) in [6.45, 7) is 4.50. The van der Waals surface area contributed by atoms with Crippen molar-refractivity contribution in [1.82, 2.24) is 0 Å². The van der Waals surface area contributed by atoms with Crippen LogP contribution in [0.15, 0.2) is 40.9 Å². The first kappa shape index (κ1) is 14.5. The first-order valence-corrected chi connectivity index (χ1v) is 7.01. The van der Waals surface area contributed by atoms with Crippen LogP contribution in [0.2, 0.25) is 0 Å². The van der Waals surface area contributed by atoms with Crippen LogP contribution in [0.5, 0.6) is 0 Å². The number of nitrogens with one attached hydrogen (secondary N) is 1. The smallest absolute Gasteiger partial charge is 0.275 e. The Labute approximate surface area is 126 Å². The Balaban J connectivity index is 2.23. The number of hydrogen-bond acceptors (Lipinski definition) is 3. The second-order valence-electron chi connectivity index (χ2n) is 4.63. The predicted molar refractivity (Wildman–Crippen MR) is 84.0 cm³/mol. The molecule has 0 aliphatic carbocycles. The van der Waals surface area contributed by atoms with E-state index in [4.69, 9.17) is 0 Å². The lowest BCUT2D eigenvalue weighted by atomic mass is 10.1. The first-order valence-electron chi connectivity index (χ1n) is 6.22. The van der Waals surface area contributed by atoms with Crippen LogP contribution in [0, 0.1) is 24.0 Å². The molecule has 0 radical (unpaired) electrons. The van der Waals surface area contributed by atoms with Crippen molar-refractivity contribution in [2.75, 3.05) is 5.32 Å². The van der Waals surface area contributed by atoms with Crippen molar-refractivity contribution >= 4 is 27.3 Å². The van der Waals surface area contributed by atoms with Crippen molar-refractivity contribution in [1.29, 1.82) is 0 Å². The van der Waals surface area contributed by atoms with E-state index in [9.17, 15) is 10.1 Å². The molecule has 0 unspecified atom stereocenters. The third-order valence-corrected chi connectivity index (χ3v) is 3.81. The molecule has 5 heteroatoms. The van der Waals surface area contributed by atoms with Crippen LogP contribution in [0.3, 0.4) is 0 Å². The molecular formula is C15H15BrN2O2. The molecule has 2 aromatic carbocycles. The highest BCUT2D eigenvalue weighted by Crippen LogP contribution is 2.25. The monoisotopic (exact) mass is 334 g/mol. The zero-order valence-electron chi connectivity index (χ0n) is 11.3. The fourth-order valence-corrected chi connectivity index (χ4v) is 2.34. The summed E-state index contributed by atoms with van der Waals surface area (Å²) < 4.78 is 0.708. The molecule has 104 valence electrons. The molecule has 0 bridgehead atoms. The Hall–Kier alpha value is -1.88. The predicted octanol–water partition coefficient (Wildman–Crippen LogP) is 4.59. The third kappa shape index (κ3) is 3.17. The number of nitrogens with zero attached hydrogens (tertiary/aromatic N) is 1. The van der Waals surface area contributed by atoms with Crippen LogP contribution in [-0.4, -0.2) is 4.92 Å². The van der Waals surface area contributed by atoms with E-state index in [1.165, 1.54) is 11.6 Å². The largest absolute Gasteiger partial charge is 0.380 e. The van der Waals surface area contributed by atoms with Gasteiger partial charge in [0.25, 0.3) is 5.69 Å². The van der Waals surface area contributed by atoms with Gasteiger partial charge in [0.2, 0.25) is 0 Å². The van der Waals surface area contributed by atoms with Gasteiger partial charge >= 0.3 is 0 Å². The quantitative estimate of drug-likeness (QED) is 0.657. The number of halogens is 1. The fraction of sp³-hybridized carbons (Fsp3) is 0.200. The normalized spacial score (nSPS) is 10.3. The zero-order chi connectivity index (χ0) is 14.7. The third-order valence-electron chi connectivity index (χ3n) is 3.32. The van der Waals surface area contributed by atoms with Gasteiger partial charge in [-0.25, -0.2) is 0 Å². The summed E-state index contributed by atoms with van der Waals surface area (Å²) in [5.74, 6) is 0. The van der Waals surface area contributed by atoms with Gasteiger partial charge in [0.1, 0.15) is 0 Å². The number of anilines is 1. The van der Waals surface area contributed by atoms with Crippen LogP contribution in [0.25, 0.3) is 0 Å². The maximum atomic E-state index is 11.1. The molecule has 0 fully saturated rings. The van der Waals surface area contributed by atoms with Crippen molar-refractivity contribution in [3.05, 3.63) is 67.7 Å². The van der Waals surface area contributed by atoms with Gasteiger partial charge in [0.05, 0.1) is 4.92 Å². The van der Waals surface area contributed by atoms with Crippen LogP contribution in [0.1, 0.15) is 16.7 Å². The number of hydrogen-bond donors (Lipinski definition) is 1. The van der Waals surface area contributed by atoms with Crippen LogP contribution in [-0.2, 0) is 6.54 Å². The van der Waals surface area contributed by atoms with Crippen LogP contribution in [0.4, 0.5) is 11.4 Å². The van der Waals surface area contributed by atoms with Gasteiger partial charge in [-0.1, -0.05) is 28.1 Å². The Morgan fingerprint density at radius 1 is 1.25 bits per heavy atom. The second kappa shape index (κ2) is 6.05. The minimum atomic E-state index is -0.356. The summed E-state index contributed by atoms with van der Waals surface area (Å²) in [6.07, 6.45) is 0. The van der Waals surface area contributed by atoms with E-state index in [1.54, 1.807) is 6.07 Å². The Morgan fingerprint density at radius 3 is 2.70 bits per heavy atom. The van der Waals surface area contributed by atoms with E-state index in [2.05, 4.69) is 21.2 Å². The number of benzene rings is 2. The van der Waals surface area contributed by atoms with Crippen molar-refractivity contribution in [3.63, 3.8) is 0 Å². The lowest BCUT2D eigenvalue weighted by Gasteiger charge is -2.11. The maximum absolute atomic E-state index is 11.1. The summed E-state index contributed by atoms with van der Waals surface area (Å²) in [5, 5.41) is 14.3. The van der Waals surface area contributed by atoms with Gasteiger partial charge in [-0.15, -0.1) is 0 Å². The molecule has 1 N–H and O–H groups in total. The van der Waals surface area contributed by atoms with Crippen molar-refractivity contribution < 1.29 is 4.92 Å². The molecule has 0 heterocycles. The molecule has 0 aliphatic rings. The van der Waals surface area contributed by atoms with Crippen molar-refractivity contribution in [3.8, 4) is 0 Å². The molecule has 0 aromatic heterocycles. The fourth-order valence-electron chi connectivity index (χ4n) is 1.99. The molecule has 0 aliphatic heterocycles. The maximum Gasteiger partial charge on any atom is 0.275 e. The number of aryl methyl sites for hydroxylation is 1. The van der Waals surface area contributed by atoms with E-state index in [1.807, 2.05) is 38.1 Å². The van der Waals surface area contributed by atoms with E-state index in [-0.39, 0.29) is 10.6 Å². The van der Waals surface area contributed by atoms with E-state index < -0.39 is 0 Å². The molecule has 2 rings (SSSR count). The van der Waals surface area contributed by atoms with Crippen LogP contribution < -0.4 is 5.32 Å². The van der Waals surface area contributed by atoms with Gasteiger partial charge in [0.15, 0.2) is 0 Å². The standard InChI is InChI=1S/C15H15BrN2O2/c1-10-4-3-5-14(11(10)2)17-9-12-6-7-13(16)8-15(12)18(19)20/h3-8,17H,9H2,1-2H3. The molecule has 4 nitrogen and oxygen atoms in total. The molecule has 20 heavy (non-hydrogen) atoms. The molecule has 0 atom stereocenters. The SMILES string of the molecule is Cc1cccc(NCc2ccc(Br)cc2[N+](=O)[O-])c1C. The number of rotatable bonds is 4. The Morgan fingerprint density at radius 2 is 2.00 bits per heavy atom. The first-order chi connectivity index (χ1) is 9.49. The summed E-state index contributed by atoms with van der Waals surface area (Å²) >= 11 is 3.26. The lowest BCUT2D eigenvalue weighted by Crippen LogP contribution is -2.04. The zero-order valence-corrected chi connectivity index (χ0v) is 12.9. The summed E-state index contributed by atoms with van der Waals surface area (Å²) in [5.41, 5.74) is 4.14. The number of nitro groups is 1. The topological polar surface area (TPSA) is 55.2 Å². The molecule has 2 aromatic rings. The van der Waals surface area contributed by atoms with Crippen molar-refractivity contribution in [2.45, 2.75) is 20.4 Å². The van der Waals surface area contributed by atoms with Crippen molar-refractivity contribution in [2.24, 2.45) is 0 Å². The van der Waals surface area contributed by atoms with Gasteiger partial charge in [-0.3, -0.25) is 10.1 Å². The molecule has 0 amide bonds. The van der Waals surface area contributed by atoms with Gasteiger partial charge in [0, 0.05) is 28.3 Å². The van der Waals surface area contributed by atoms with E-state index >= 15 is 0 Å². The second-order valence-corrected chi connectivity index (χ2v) is 5.55. The molecule has 0 saturated heterocycles.